The first-order valence-corrected chi connectivity index (χ1v) is 8.97. The summed E-state index contributed by atoms with van der Waals surface area (Å²) in [5.74, 6) is -0.221. The molecule has 0 unspecified atom stereocenters. The normalized spacial score (nSPS) is 16.4. The van der Waals surface area contributed by atoms with Crippen molar-refractivity contribution in [3.05, 3.63) is 35.9 Å². The van der Waals surface area contributed by atoms with E-state index in [4.69, 9.17) is 4.74 Å². The van der Waals surface area contributed by atoms with Crippen LogP contribution in [0.3, 0.4) is 0 Å². The Morgan fingerprint density at radius 2 is 1.84 bits per heavy atom. The van der Waals surface area contributed by atoms with Gasteiger partial charge in [-0.3, -0.25) is 14.5 Å². The van der Waals surface area contributed by atoms with E-state index in [0.29, 0.717) is 6.54 Å². The number of hydrogen-bond acceptors (Lipinski definition) is 4. The average molecular weight is 347 g/mol. The Labute approximate surface area is 149 Å². The van der Waals surface area contributed by atoms with Gasteiger partial charge in [-0.25, -0.2) is 0 Å². The molecule has 25 heavy (non-hydrogen) atoms. The number of carbonyl (C=O) groups excluding carboxylic acids is 2. The molecule has 0 aliphatic carbocycles. The molecule has 138 valence electrons. The topological polar surface area (TPSA) is 70.7 Å². The van der Waals surface area contributed by atoms with E-state index < -0.39 is 6.04 Å². The first kappa shape index (κ1) is 19.4. The molecule has 1 saturated heterocycles. The third-order valence-corrected chi connectivity index (χ3v) is 4.30. The highest BCUT2D eigenvalue weighted by Crippen LogP contribution is 2.05. The number of benzene rings is 1. The molecule has 2 rings (SSSR count). The molecule has 1 aromatic rings. The molecule has 0 spiro atoms. The number of nitrogens with zero attached hydrogens (tertiary/aromatic N) is 1. The SMILES string of the molecule is CC(C)[C@@H](NC(=O)Cc1ccccc1)C(=O)NCCN1CCOCC1. The minimum Gasteiger partial charge on any atom is -0.379 e. The van der Waals surface area contributed by atoms with E-state index in [0.717, 1.165) is 38.4 Å². The van der Waals surface area contributed by atoms with Gasteiger partial charge < -0.3 is 15.4 Å². The zero-order chi connectivity index (χ0) is 18.1. The smallest absolute Gasteiger partial charge is 0.242 e. The molecule has 1 aliphatic heterocycles. The molecule has 0 saturated carbocycles. The van der Waals surface area contributed by atoms with E-state index in [1.165, 1.54) is 0 Å². The van der Waals surface area contributed by atoms with Gasteiger partial charge in [-0.05, 0) is 11.5 Å². The molecule has 1 fully saturated rings. The third-order valence-electron chi connectivity index (χ3n) is 4.30. The van der Waals surface area contributed by atoms with Crippen molar-refractivity contribution in [1.29, 1.82) is 0 Å². The van der Waals surface area contributed by atoms with Gasteiger partial charge >= 0.3 is 0 Å². The molecule has 1 aromatic carbocycles. The summed E-state index contributed by atoms with van der Waals surface area (Å²) in [5, 5.41) is 5.81. The Bertz CT molecular complexity index is 542. The highest BCUT2D eigenvalue weighted by atomic mass is 16.5. The van der Waals surface area contributed by atoms with E-state index >= 15 is 0 Å². The van der Waals surface area contributed by atoms with Crippen LogP contribution in [0.5, 0.6) is 0 Å². The first-order chi connectivity index (χ1) is 12.1. The van der Waals surface area contributed by atoms with Gasteiger partial charge in [0.2, 0.25) is 11.8 Å². The number of ether oxygens (including phenoxy) is 1. The summed E-state index contributed by atoms with van der Waals surface area (Å²) in [6.45, 7) is 8.56. The standard InChI is InChI=1S/C19H29N3O3/c1-15(2)18(21-17(23)14-16-6-4-3-5-7-16)19(24)20-8-9-22-10-12-25-13-11-22/h3-7,15,18H,8-14H2,1-2H3,(H,20,24)(H,21,23)/t18-/m1/s1. The van der Waals surface area contributed by atoms with Gasteiger partial charge in [0.25, 0.3) is 0 Å². The van der Waals surface area contributed by atoms with E-state index in [2.05, 4.69) is 15.5 Å². The van der Waals surface area contributed by atoms with Crippen molar-refractivity contribution in [2.24, 2.45) is 5.92 Å². The summed E-state index contributed by atoms with van der Waals surface area (Å²) in [6.07, 6.45) is 0.283. The molecule has 6 heteroatoms. The maximum Gasteiger partial charge on any atom is 0.242 e. The van der Waals surface area contributed by atoms with Gasteiger partial charge in [0.05, 0.1) is 19.6 Å². The van der Waals surface area contributed by atoms with Gasteiger partial charge in [-0.1, -0.05) is 44.2 Å². The summed E-state index contributed by atoms with van der Waals surface area (Å²) in [5.41, 5.74) is 0.940. The summed E-state index contributed by atoms with van der Waals surface area (Å²) in [4.78, 5) is 27.0. The van der Waals surface area contributed by atoms with Gasteiger partial charge in [0.15, 0.2) is 0 Å². The Morgan fingerprint density at radius 3 is 2.48 bits per heavy atom. The van der Waals surface area contributed by atoms with Crippen LogP contribution >= 0.6 is 0 Å². The largest absolute Gasteiger partial charge is 0.379 e. The van der Waals surface area contributed by atoms with Gasteiger partial charge in [-0.2, -0.15) is 0 Å². The van der Waals surface area contributed by atoms with E-state index in [9.17, 15) is 9.59 Å². The van der Waals surface area contributed by atoms with Crippen LogP contribution in [-0.2, 0) is 20.7 Å². The second kappa shape index (κ2) is 10.2. The Hall–Kier alpha value is -1.92. The lowest BCUT2D eigenvalue weighted by Crippen LogP contribution is -2.51. The zero-order valence-corrected chi connectivity index (χ0v) is 15.2. The van der Waals surface area contributed by atoms with Crippen molar-refractivity contribution in [2.45, 2.75) is 26.3 Å². The molecule has 1 heterocycles. The lowest BCUT2D eigenvalue weighted by Gasteiger charge is -2.27. The predicted molar refractivity (Wildman–Crippen MR) is 97.2 cm³/mol. The van der Waals surface area contributed by atoms with Crippen LogP contribution in [0.25, 0.3) is 0 Å². The van der Waals surface area contributed by atoms with Crippen LogP contribution in [0.4, 0.5) is 0 Å². The van der Waals surface area contributed by atoms with Crippen LogP contribution in [0.1, 0.15) is 19.4 Å². The van der Waals surface area contributed by atoms with Crippen molar-refractivity contribution in [1.82, 2.24) is 15.5 Å². The van der Waals surface area contributed by atoms with E-state index in [1.54, 1.807) is 0 Å². The molecule has 2 N–H and O–H groups in total. The van der Waals surface area contributed by atoms with Crippen molar-refractivity contribution in [3.63, 3.8) is 0 Å². The fourth-order valence-corrected chi connectivity index (χ4v) is 2.81. The molecule has 2 amide bonds. The van der Waals surface area contributed by atoms with Gasteiger partial charge in [0, 0.05) is 26.2 Å². The molecular weight excluding hydrogens is 318 g/mol. The maximum atomic E-state index is 12.4. The average Bonchev–Trinajstić information content (AvgIpc) is 2.61. The first-order valence-electron chi connectivity index (χ1n) is 8.97. The molecule has 1 aliphatic rings. The molecular formula is C19H29N3O3. The minimum absolute atomic E-state index is 0.0307. The second-order valence-corrected chi connectivity index (χ2v) is 6.70. The summed E-state index contributed by atoms with van der Waals surface area (Å²) < 4.78 is 5.31. The lowest BCUT2D eigenvalue weighted by atomic mass is 10.0. The molecule has 6 nitrogen and oxygen atoms in total. The second-order valence-electron chi connectivity index (χ2n) is 6.70. The van der Waals surface area contributed by atoms with Crippen molar-refractivity contribution >= 4 is 11.8 Å². The highest BCUT2D eigenvalue weighted by Gasteiger charge is 2.24. The summed E-state index contributed by atoms with van der Waals surface area (Å²) >= 11 is 0. The van der Waals surface area contributed by atoms with Crippen LogP contribution < -0.4 is 10.6 Å². The van der Waals surface area contributed by atoms with Gasteiger partial charge in [0.1, 0.15) is 6.04 Å². The monoisotopic (exact) mass is 347 g/mol. The molecule has 0 radical (unpaired) electrons. The zero-order valence-electron chi connectivity index (χ0n) is 15.2. The highest BCUT2D eigenvalue weighted by molar-refractivity contribution is 5.88. The van der Waals surface area contributed by atoms with Crippen molar-refractivity contribution in [2.75, 3.05) is 39.4 Å². The fourth-order valence-electron chi connectivity index (χ4n) is 2.81. The Kier molecular flexibility index (Phi) is 7.88. The number of hydrogen-bond donors (Lipinski definition) is 2. The number of amides is 2. The van der Waals surface area contributed by atoms with Crippen molar-refractivity contribution < 1.29 is 14.3 Å². The number of carbonyl (C=O) groups is 2. The predicted octanol–water partition coefficient (Wildman–Crippen LogP) is 0.818. The van der Waals surface area contributed by atoms with Crippen LogP contribution in [0, 0.1) is 5.92 Å². The minimum atomic E-state index is -0.513. The van der Waals surface area contributed by atoms with Crippen LogP contribution in [0.2, 0.25) is 0 Å². The lowest BCUT2D eigenvalue weighted by molar-refractivity contribution is -0.129. The Morgan fingerprint density at radius 1 is 1.16 bits per heavy atom. The van der Waals surface area contributed by atoms with E-state index in [1.807, 2.05) is 44.2 Å². The Balaban J connectivity index is 1.77. The van der Waals surface area contributed by atoms with Crippen LogP contribution in [-0.4, -0.2) is 62.1 Å². The quantitative estimate of drug-likeness (QED) is 0.730. The fraction of sp³-hybridized carbons (Fsp3) is 0.579. The molecule has 0 aromatic heterocycles. The maximum absolute atomic E-state index is 12.4. The molecule has 1 atom stereocenters. The number of morpholine rings is 1. The van der Waals surface area contributed by atoms with Crippen molar-refractivity contribution in [3.8, 4) is 0 Å². The van der Waals surface area contributed by atoms with E-state index in [-0.39, 0.29) is 24.2 Å². The van der Waals surface area contributed by atoms with Crippen LogP contribution in [0.15, 0.2) is 30.3 Å². The number of nitrogens with one attached hydrogen (secondary N) is 2. The number of rotatable bonds is 8. The summed E-state index contributed by atoms with van der Waals surface area (Å²) in [7, 11) is 0. The third kappa shape index (κ3) is 6.84. The van der Waals surface area contributed by atoms with Gasteiger partial charge in [-0.15, -0.1) is 0 Å². The molecule has 0 bridgehead atoms. The summed E-state index contributed by atoms with van der Waals surface area (Å²) in [6, 6.07) is 9.03.